The van der Waals surface area contributed by atoms with E-state index in [0.717, 1.165) is 31.8 Å². The van der Waals surface area contributed by atoms with Gasteiger partial charge in [-0.05, 0) is 24.3 Å². The van der Waals surface area contributed by atoms with Crippen LogP contribution in [0.15, 0.2) is 70.6 Å². The fourth-order valence-electron chi connectivity index (χ4n) is 3.10. The number of sulfone groups is 1. The van der Waals surface area contributed by atoms with Crippen molar-refractivity contribution >= 4 is 9.84 Å². The lowest BCUT2D eigenvalue weighted by Gasteiger charge is -2.31. The van der Waals surface area contributed by atoms with Crippen molar-refractivity contribution in [2.45, 2.75) is 11.4 Å². The van der Waals surface area contributed by atoms with Crippen molar-refractivity contribution in [2.75, 3.05) is 26.2 Å². The van der Waals surface area contributed by atoms with E-state index >= 15 is 0 Å². The number of hydrogen-bond donors (Lipinski definition) is 1. The van der Waals surface area contributed by atoms with E-state index in [2.05, 4.69) is 12.1 Å². The molecule has 1 aliphatic heterocycles. The van der Waals surface area contributed by atoms with Gasteiger partial charge >= 0.3 is 0 Å². The number of piperazine rings is 1. The molecule has 0 aromatic heterocycles. The molecule has 0 saturated carbocycles. The summed E-state index contributed by atoms with van der Waals surface area (Å²) < 4.78 is 38.3. The maximum absolute atomic E-state index is 13.0. The fraction of sp³-hybridized carbons (Fsp3) is 0.250. The van der Waals surface area contributed by atoms with E-state index in [0.29, 0.717) is 13.1 Å². The minimum atomic E-state index is -3.94. The van der Waals surface area contributed by atoms with Crippen molar-refractivity contribution < 1.29 is 17.7 Å². The van der Waals surface area contributed by atoms with Gasteiger partial charge in [0.05, 0.1) is 31.1 Å². The molecule has 0 atom stereocenters. The third-order valence-electron chi connectivity index (χ3n) is 4.63. The van der Waals surface area contributed by atoms with Gasteiger partial charge in [0.1, 0.15) is 18.4 Å². The Morgan fingerprint density at radius 2 is 1.74 bits per heavy atom. The second kappa shape index (κ2) is 8.33. The molecular weight excluding hydrogens is 365 g/mol. The zero-order chi connectivity index (χ0) is 19.3. The largest absolute Gasteiger partial charge is 0.364 e. The average Bonchev–Trinajstić information content (AvgIpc) is 2.68. The van der Waals surface area contributed by atoms with Crippen molar-refractivity contribution in [1.82, 2.24) is 4.90 Å². The lowest BCUT2D eigenvalue weighted by Crippen LogP contribution is -3.13. The Hall–Kier alpha value is -2.69. The maximum atomic E-state index is 13.0. The molecule has 0 radical (unpaired) electrons. The number of nitrogens with zero attached hydrogens (tertiary/aromatic N) is 2. The van der Waals surface area contributed by atoms with Gasteiger partial charge in [0.2, 0.25) is 9.84 Å². The molecule has 1 fully saturated rings. The van der Waals surface area contributed by atoms with Gasteiger partial charge < -0.3 is 9.80 Å². The molecule has 27 heavy (non-hydrogen) atoms. The van der Waals surface area contributed by atoms with Gasteiger partial charge in [0.25, 0.3) is 0 Å². The number of rotatable bonds is 5. The Morgan fingerprint density at radius 3 is 2.33 bits per heavy atom. The van der Waals surface area contributed by atoms with Gasteiger partial charge in [0, 0.05) is 11.8 Å². The molecule has 5 nitrogen and oxygen atoms in total. The summed E-state index contributed by atoms with van der Waals surface area (Å²) in [5.41, 5.74) is 1.27. The van der Waals surface area contributed by atoms with Gasteiger partial charge in [-0.25, -0.2) is 12.8 Å². The maximum Gasteiger partial charge on any atom is 0.218 e. The summed E-state index contributed by atoms with van der Waals surface area (Å²) in [4.78, 5) is 2.89. The Kier molecular flexibility index (Phi) is 5.89. The summed E-state index contributed by atoms with van der Waals surface area (Å²) in [7, 11) is -3.94. The molecule has 1 heterocycles. The third-order valence-corrected chi connectivity index (χ3v) is 6.29. The summed E-state index contributed by atoms with van der Waals surface area (Å²) in [6.45, 7) is 4.00. The molecular formula is C20H21FN3O2S+. The van der Waals surface area contributed by atoms with Crippen LogP contribution in [0.5, 0.6) is 0 Å². The highest BCUT2D eigenvalue weighted by Crippen LogP contribution is 2.19. The lowest BCUT2D eigenvalue weighted by atomic mass is 10.2. The van der Waals surface area contributed by atoms with Crippen molar-refractivity contribution in [3.05, 3.63) is 77.1 Å². The smallest absolute Gasteiger partial charge is 0.218 e. The number of benzene rings is 2. The molecule has 0 aliphatic carbocycles. The summed E-state index contributed by atoms with van der Waals surface area (Å²) in [6.07, 6.45) is 1.41. The van der Waals surface area contributed by atoms with E-state index in [1.165, 1.54) is 28.8 Å². The minimum absolute atomic E-state index is 0.0787. The highest BCUT2D eigenvalue weighted by molar-refractivity contribution is 7.95. The van der Waals surface area contributed by atoms with Crippen molar-refractivity contribution in [1.29, 1.82) is 5.26 Å². The molecule has 2 aromatic carbocycles. The first-order valence-corrected chi connectivity index (χ1v) is 10.2. The summed E-state index contributed by atoms with van der Waals surface area (Å²) >= 11 is 0. The number of nitriles is 1. The van der Waals surface area contributed by atoms with Crippen LogP contribution in [0.25, 0.3) is 0 Å². The second-order valence-corrected chi connectivity index (χ2v) is 8.43. The first kappa shape index (κ1) is 19.1. The van der Waals surface area contributed by atoms with Crippen LogP contribution in [-0.2, 0) is 16.4 Å². The van der Waals surface area contributed by atoms with E-state index in [1.807, 2.05) is 23.1 Å². The number of nitrogens with one attached hydrogen (secondary N) is 1. The SMILES string of the molecule is N#C/C(=C/N1CC[NH+](Cc2ccccc2)CC1)S(=O)(=O)c1ccc(F)cc1. The van der Waals surface area contributed by atoms with Gasteiger partial charge in [-0.15, -0.1) is 0 Å². The molecule has 0 amide bonds. The normalized spacial score (nSPS) is 16.1. The summed E-state index contributed by atoms with van der Waals surface area (Å²) in [5, 5.41) is 9.35. The highest BCUT2D eigenvalue weighted by Gasteiger charge is 2.24. The third kappa shape index (κ3) is 4.73. The first-order valence-electron chi connectivity index (χ1n) is 8.73. The molecule has 7 heteroatoms. The molecule has 0 bridgehead atoms. The number of hydrogen-bond acceptors (Lipinski definition) is 4. The van der Waals surface area contributed by atoms with Crippen LogP contribution in [0.2, 0.25) is 0 Å². The zero-order valence-corrected chi connectivity index (χ0v) is 15.6. The van der Waals surface area contributed by atoms with E-state index in [-0.39, 0.29) is 9.80 Å². The molecule has 140 valence electrons. The molecule has 3 rings (SSSR count). The summed E-state index contributed by atoms with van der Waals surface area (Å²) in [6, 6.07) is 16.5. The quantitative estimate of drug-likeness (QED) is 0.623. The second-order valence-electron chi connectivity index (χ2n) is 6.51. The van der Waals surface area contributed by atoms with E-state index in [1.54, 1.807) is 6.07 Å². The zero-order valence-electron chi connectivity index (χ0n) is 14.8. The molecule has 0 unspecified atom stereocenters. The molecule has 2 aromatic rings. The highest BCUT2D eigenvalue weighted by atomic mass is 32.2. The van der Waals surface area contributed by atoms with Crippen LogP contribution >= 0.6 is 0 Å². The van der Waals surface area contributed by atoms with Crippen molar-refractivity contribution in [3.63, 3.8) is 0 Å². The molecule has 0 spiro atoms. The van der Waals surface area contributed by atoms with Gasteiger partial charge in [0.15, 0.2) is 4.91 Å². The number of allylic oxidation sites excluding steroid dienone is 1. The monoisotopic (exact) mass is 386 g/mol. The predicted octanol–water partition coefficient (Wildman–Crippen LogP) is 1.37. The first-order chi connectivity index (χ1) is 13.0. The van der Waals surface area contributed by atoms with Crippen LogP contribution < -0.4 is 4.90 Å². The average molecular weight is 386 g/mol. The summed E-state index contributed by atoms with van der Waals surface area (Å²) in [5.74, 6) is -0.519. The van der Waals surface area contributed by atoms with Crippen LogP contribution in [0, 0.1) is 17.1 Å². The van der Waals surface area contributed by atoms with Crippen LogP contribution in [-0.4, -0.2) is 39.5 Å². The van der Waals surface area contributed by atoms with Gasteiger partial charge in [-0.3, -0.25) is 0 Å². The van der Waals surface area contributed by atoms with Crippen molar-refractivity contribution in [3.8, 4) is 6.07 Å². The standard InChI is InChI=1S/C20H20FN3O2S/c21-18-6-8-19(9-7-18)27(25,26)20(14-22)16-24-12-10-23(11-13-24)15-17-4-2-1-3-5-17/h1-9,16H,10-13,15H2/p+1/b20-16-. The fourth-order valence-corrected chi connectivity index (χ4v) is 4.25. The Labute approximate surface area is 158 Å². The number of quaternary nitrogens is 1. The Morgan fingerprint density at radius 1 is 1.11 bits per heavy atom. The van der Waals surface area contributed by atoms with Crippen LogP contribution in [0.1, 0.15) is 5.56 Å². The number of halogens is 1. The predicted molar refractivity (Wildman–Crippen MR) is 99.7 cm³/mol. The molecule has 1 aliphatic rings. The molecule has 1 saturated heterocycles. The topological polar surface area (TPSA) is 65.6 Å². The lowest BCUT2D eigenvalue weighted by molar-refractivity contribution is -0.917. The minimum Gasteiger partial charge on any atom is -0.364 e. The van der Waals surface area contributed by atoms with E-state index in [4.69, 9.17) is 0 Å². The Bertz CT molecular complexity index is 943. The van der Waals surface area contributed by atoms with Gasteiger partial charge in [-0.2, -0.15) is 5.26 Å². The molecule has 1 N–H and O–H groups in total. The van der Waals surface area contributed by atoms with E-state index in [9.17, 15) is 18.1 Å². The van der Waals surface area contributed by atoms with E-state index < -0.39 is 15.7 Å². The van der Waals surface area contributed by atoms with Crippen molar-refractivity contribution in [2.24, 2.45) is 0 Å². The Balaban J connectivity index is 1.67. The van der Waals surface area contributed by atoms with Gasteiger partial charge in [-0.1, -0.05) is 30.3 Å². The van der Waals surface area contributed by atoms with Crippen LogP contribution in [0.4, 0.5) is 4.39 Å². The van der Waals surface area contributed by atoms with Crippen LogP contribution in [0.3, 0.4) is 0 Å².